The van der Waals surface area contributed by atoms with Crippen LogP contribution in [0.25, 0.3) is 6.08 Å². The van der Waals surface area contributed by atoms with E-state index in [1.807, 2.05) is 30.3 Å². The zero-order valence-corrected chi connectivity index (χ0v) is 15.5. The standard InChI is InChI=1S/C22H25FN2O2/c1-2-3-5-12-19(15-18-10-6-4-7-11-18)16-24-25-22(26)17-27-21-14-9-8-13-20(21)23/h4,6-11,13-16H,2-3,5,12,17H2,1H3,(H,25,26)/b19-15+,24-16-. The Bertz CT molecular complexity index is 773. The molecule has 27 heavy (non-hydrogen) atoms. The van der Waals surface area contributed by atoms with Crippen molar-refractivity contribution in [2.45, 2.75) is 32.6 Å². The summed E-state index contributed by atoms with van der Waals surface area (Å²) in [5.41, 5.74) is 4.54. The van der Waals surface area contributed by atoms with Crippen LogP contribution >= 0.6 is 0 Å². The third kappa shape index (κ3) is 7.86. The number of unbranched alkanes of at least 4 members (excludes halogenated alkanes) is 2. The zero-order valence-electron chi connectivity index (χ0n) is 15.5. The molecule has 0 aliphatic rings. The van der Waals surface area contributed by atoms with Crippen LogP contribution in [0.5, 0.6) is 5.75 Å². The zero-order chi connectivity index (χ0) is 19.3. The molecule has 5 heteroatoms. The van der Waals surface area contributed by atoms with Gasteiger partial charge in [-0.3, -0.25) is 4.79 Å². The van der Waals surface area contributed by atoms with Crippen LogP contribution in [0, 0.1) is 5.82 Å². The first kappa shape index (κ1) is 20.4. The molecule has 4 nitrogen and oxygen atoms in total. The predicted octanol–water partition coefficient (Wildman–Crippen LogP) is 4.97. The third-order valence-electron chi connectivity index (χ3n) is 3.84. The Morgan fingerprint density at radius 2 is 1.85 bits per heavy atom. The molecule has 0 heterocycles. The molecule has 2 aromatic rings. The van der Waals surface area contributed by atoms with Gasteiger partial charge in [-0.25, -0.2) is 9.82 Å². The van der Waals surface area contributed by atoms with Gasteiger partial charge in [-0.05, 0) is 36.1 Å². The second kappa shape index (κ2) is 11.6. The van der Waals surface area contributed by atoms with E-state index in [-0.39, 0.29) is 12.4 Å². The number of benzene rings is 2. The number of nitrogens with one attached hydrogen (secondary N) is 1. The highest BCUT2D eigenvalue weighted by molar-refractivity contribution is 5.87. The topological polar surface area (TPSA) is 50.7 Å². The first-order valence-corrected chi connectivity index (χ1v) is 9.14. The van der Waals surface area contributed by atoms with Gasteiger partial charge in [0.1, 0.15) is 0 Å². The quantitative estimate of drug-likeness (QED) is 0.366. The molecule has 2 rings (SSSR count). The Morgan fingerprint density at radius 1 is 1.11 bits per heavy atom. The predicted molar refractivity (Wildman–Crippen MR) is 107 cm³/mol. The molecule has 0 saturated heterocycles. The van der Waals surface area contributed by atoms with Gasteiger partial charge in [0.15, 0.2) is 18.2 Å². The average molecular weight is 368 g/mol. The average Bonchev–Trinajstić information content (AvgIpc) is 2.68. The number of hydrogen-bond donors (Lipinski definition) is 1. The lowest BCUT2D eigenvalue weighted by Gasteiger charge is -2.06. The smallest absolute Gasteiger partial charge is 0.277 e. The minimum Gasteiger partial charge on any atom is -0.481 e. The van der Waals surface area contributed by atoms with Crippen molar-refractivity contribution in [3.63, 3.8) is 0 Å². The minimum atomic E-state index is -0.502. The van der Waals surface area contributed by atoms with Crippen LogP contribution in [0.2, 0.25) is 0 Å². The SMILES string of the molecule is CCCCCC(/C=N\NC(=O)COc1ccccc1F)=C\c1ccccc1. The highest BCUT2D eigenvalue weighted by Crippen LogP contribution is 2.15. The number of hydrogen-bond acceptors (Lipinski definition) is 3. The molecule has 0 aromatic heterocycles. The fourth-order valence-corrected chi connectivity index (χ4v) is 2.44. The number of rotatable bonds is 10. The molecule has 0 radical (unpaired) electrons. The van der Waals surface area contributed by atoms with Crippen LogP contribution in [-0.2, 0) is 4.79 Å². The number of nitrogens with zero attached hydrogens (tertiary/aromatic N) is 1. The van der Waals surface area contributed by atoms with Gasteiger partial charge in [-0.1, -0.05) is 68.3 Å². The summed E-state index contributed by atoms with van der Waals surface area (Å²) in [6.07, 6.45) is 7.94. The number of amides is 1. The molecule has 2 aromatic carbocycles. The Hall–Kier alpha value is -2.95. The molecule has 142 valence electrons. The number of allylic oxidation sites excluding steroid dienone is 1. The first-order chi connectivity index (χ1) is 13.2. The van der Waals surface area contributed by atoms with E-state index in [9.17, 15) is 9.18 Å². The molecule has 0 unspecified atom stereocenters. The van der Waals surface area contributed by atoms with E-state index < -0.39 is 11.7 Å². The van der Waals surface area contributed by atoms with Crippen molar-refractivity contribution in [2.75, 3.05) is 6.61 Å². The van der Waals surface area contributed by atoms with Crippen molar-refractivity contribution in [2.24, 2.45) is 5.10 Å². The minimum absolute atomic E-state index is 0.0425. The summed E-state index contributed by atoms with van der Waals surface area (Å²) in [5.74, 6) is -0.902. The van der Waals surface area contributed by atoms with Crippen LogP contribution in [0.1, 0.15) is 38.2 Å². The third-order valence-corrected chi connectivity index (χ3v) is 3.84. The van der Waals surface area contributed by atoms with E-state index in [1.54, 1.807) is 18.3 Å². The van der Waals surface area contributed by atoms with E-state index in [2.05, 4.69) is 23.5 Å². The summed E-state index contributed by atoms with van der Waals surface area (Å²) in [6, 6.07) is 15.9. The lowest BCUT2D eigenvalue weighted by atomic mass is 10.1. The Morgan fingerprint density at radius 3 is 2.59 bits per heavy atom. The maximum absolute atomic E-state index is 13.5. The summed E-state index contributed by atoms with van der Waals surface area (Å²) in [4.78, 5) is 11.8. The van der Waals surface area contributed by atoms with Crippen molar-refractivity contribution >= 4 is 18.2 Å². The monoisotopic (exact) mass is 368 g/mol. The molecule has 1 N–H and O–H groups in total. The largest absolute Gasteiger partial charge is 0.481 e. The summed E-state index contributed by atoms with van der Waals surface area (Å²) < 4.78 is 18.6. The van der Waals surface area contributed by atoms with Gasteiger partial charge in [-0.15, -0.1) is 0 Å². The molecular weight excluding hydrogens is 343 g/mol. The van der Waals surface area contributed by atoms with E-state index in [4.69, 9.17) is 4.74 Å². The van der Waals surface area contributed by atoms with Crippen molar-refractivity contribution < 1.29 is 13.9 Å². The van der Waals surface area contributed by atoms with Gasteiger partial charge in [0, 0.05) is 0 Å². The highest BCUT2D eigenvalue weighted by Gasteiger charge is 2.05. The summed E-state index contributed by atoms with van der Waals surface area (Å²) in [6.45, 7) is 1.86. The van der Waals surface area contributed by atoms with Gasteiger partial charge in [0.2, 0.25) is 0 Å². The number of para-hydroxylation sites is 1. The van der Waals surface area contributed by atoms with Gasteiger partial charge < -0.3 is 4.74 Å². The molecule has 0 atom stereocenters. The number of carbonyl (C=O) groups is 1. The van der Waals surface area contributed by atoms with Gasteiger partial charge in [0.05, 0.1) is 6.21 Å². The fourth-order valence-electron chi connectivity index (χ4n) is 2.44. The Kier molecular flexibility index (Phi) is 8.77. The van der Waals surface area contributed by atoms with Crippen molar-refractivity contribution in [3.05, 3.63) is 71.6 Å². The fraction of sp³-hybridized carbons (Fsp3) is 0.273. The Labute approximate surface area is 159 Å². The summed E-state index contributed by atoms with van der Waals surface area (Å²) in [7, 11) is 0. The Balaban J connectivity index is 1.89. The van der Waals surface area contributed by atoms with Gasteiger partial charge in [0.25, 0.3) is 5.91 Å². The molecular formula is C22H25FN2O2. The van der Waals surface area contributed by atoms with E-state index in [0.717, 1.165) is 36.8 Å². The van der Waals surface area contributed by atoms with Crippen LogP contribution in [0.15, 0.2) is 65.3 Å². The molecule has 0 aliphatic heterocycles. The second-order valence-electron chi connectivity index (χ2n) is 6.10. The van der Waals surface area contributed by atoms with Crippen LogP contribution < -0.4 is 10.2 Å². The number of ether oxygens (including phenoxy) is 1. The van der Waals surface area contributed by atoms with E-state index in [1.165, 1.54) is 12.1 Å². The molecule has 0 aliphatic carbocycles. The van der Waals surface area contributed by atoms with Crippen molar-refractivity contribution in [1.82, 2.24) is 5.43 Å². The van der Waals surface area contributed by atoms with Crippen LogP contribution in [0.3, 0.4) is 0 Å². The highest BCUT2D eigenvalue weighted by atomic mass is 19.1. The molecule has 0 spiro atoms. The van der Waals surface area contributed by atoms with Gasteiger partial charge in [-0.2, -0.15) is 5.10 Å². The van der Waals surface area contributed by atoms with Crippen molar-refractivity contribution in [3.8, 4) is 5.75 Å². The summed E-state index contributed by atoms with van der Waals surface area (Å²) in [5, 5.41) is 4.01. The normalized spacial score (nSPS) is 11.6. The molecule has 0 bridgehead atoms. The lowest BCUT2D eigenvalue weighted by molar-refractivity contribution is -0.123. The lowest BCUT2D eigenvalue weighted by Crippen LogP contribution is -2.24. The first-order valence-electron chi connectivity index (χ1n) is 9.14. The van der Waals surface area contributed by atoms with Crippen molar-refractivity contribution in [1.29, 1.82) is 0 Å². The number of halogens is 1. The van der Waals surface area contributed by atoms with E-state index >= 15 is 0 Å². The summed E-state index contributed by atoms with van der Waals surface area (Å²) >= 11 is 0. The maximum Gasteiger partial charge on any atom is 0.277 e. The molecule has 0 fully saturated rings. The van der Waals surface area contributed by atoms with Crippen LogP contribution in [0.4, 0.5) is 4.39 Å². The maximum atomic E-state index is 13.5. The molecule has 0 saturated carbocycles. The number of carbonyl (C=O) groups excluding carboxylic acids is 1. The second-order valence-corrected chi connectivity index (χ2v) is 6.10. The van der Waals surface area contributed by atoms with E-state index in [0.29, 0.717) is 0 Å². The van der Waals surface area contributed by atoms with Crippen LogP contribution in [-0.4, -0.2) is 18.7 Å². The van der Waals surface area contributed by atoms with Gasteiger partial charge >= 0.3 is 0 Å². The number of hydrazone groups is 1. The molecule has 1 amide bonds.